The number of rotatable bonds is 7. The number of aromatic nitrogens is 2. The van der Waals surface area contributed by atoms with E-state index in [0.29, 0.717) is 34.5 Å². The maximum atomic E-state index is 12.6. The van der Waals surface area contributed by atoms with Crippen molar-refractivity contribution in [2.45, 2.75) is 12.5 Å². The molecule has 3 aromatic rings. The largest absolute Gasteiger partial charge is 0.497 e. The Bertz CT molecular complexity index is 1220. The van der Waals surface area contributed by atoms with E-state index in [-0.39, 0.29) is 24.2 Å². The Hall–Kier alpha value is -3.04. The lowest BCUT2D eigenvalue weighted by atomic mass is 10.1. The van der Waals surface area contributed by atoms with E-state index in [4.69, 9.17) is 21.1 Å². The predicted molar refractivity (Wildman–Crippen MR) is 122 cm³/mol. The molecule has 10 heteroatoms. The maximum absolute atomic E-state index is 12.6. The highest BCUT2D eigenvalue weighted by Gasteiger charge is 2.31. The second-order valence-corrected chi connectivity index (χ2v) is 10.0. The van der Waals surface area contributed by atoms with E-state index in [1.165, 1.54) is 0 Å². The molecule has 0 unspecified atom stereocenters. The van der Waals surface area contributed by atoms with Crippen molar-refractivity contribution < 1.29 is 22.7 Å². The monoisotopic (exact) mass is 475 g/mol. The third kappa shape index (κ3) is 5.05. The molecule has 0 aliphatic carbocycles. The van der Waals surface area contributed by atoms with Crippen molar-refractivity contribution in [2.24, 2.45) is 0 Å². The highest BCUT2D eigenvalue weighted by atomic mass is 35.5. The molecule has 0 radical (unpaired) electrons. The molecular formula is C22H22ClN3O5S. The van der Waals surface area contributed by atoms with Crippen LogP contribution in [0.5, 0.6) is 11.5 Å². The Labute approximate surface area is 191 Å². The van der Waals surface area contributed by atoms with Crippen LogP contribution in [0.15, 0.2) is 54.6 Å². The van der Waals surface area contributed by atoms with Gasteiger partial charge in [0.15, 0.2) is 16.4 Å². The number of para-hydroxylation sites is 1. The quantitative estimate of drug-likeness (QED) is 0.560. The van der Waals surface area contributed by atoms with E-state index in [2.05, 4.69) is 10.4 Å². The number of carbonyl (C=O) groups is 1. The fraction of sp³-hybridized carbons (Fsp3) is 0.273. The number of ether oxygens (including phenoxy) is 2. The number of amides is 1. The van der Waals surface area contributed by atoms with Crippen molar-refractivity contribution in [3.63, 3.8) is 0 Å². The van der Waals surface area contributed by atoms with Gasteiger partial charge < -0.3 is 14.8 Å². The van der Waals surface area contributed by atoms with Gasteiger partial charge in [0.05, 0.1) is 35.4 Å². The van der Waals surface area contributed by atoms with Gasteiger partial charge in [0, 0.05) is 11.6 Å². The Morgan fingerprint density at radius 1 is 1.22 bits per heavy atom. The first-order chi connectivity index (χ1) is 15.3. The fourth-order valence-electron chi connectivity index (χ4n) is 3.52. The molecule has 1 N–H and O–H groups in total. The normalized spacial score (nSPS) is 17.1. The van der Waals surface area contributed by atoms with Crippen molar-refractivity contribution in [1.29, 1.82) is 0 Å². The summed E-state index contributed by atoms with van der Waals surface area (Å²) in [5.41, 5.74) is 1.42. The molecule has 1 amide bonds. The molecule has 1 atom stereocenters. The molecule has 0 bridgehead atoms. The molecule has 0 spiro atoms. The van der Waals surface area contributed by atoms with Gasteiger partial charge in [0.25, 0.3) is 5.91 Å². The van der Waals surface area contributed by atoms with Crippen LogP contribution in [0.25, 0.3) is 11.3 Å². The average Bonchev–Trinajstić information content (AvgIpc) is 3.36. The van der Waals surface area contributed by atoms with Gasteiger partial charge in [-0.05, 0) is 42.8 Å². The molecule has 32 heavy (non-hydrogen) atoms. The van der Waals surface area contributed by atoms with Crippen LogP contribution >= 0.6 is 11.6 Å². The molecule has 2 aromatic carbocycles. The van der Waals surface area contributed by atoms with Gasteiger partial charge in [-0.2, -0.15) is 5.10 Å². The molecule has 168 valence electrons. The lowest BCUT2D eigenvalue weighted by Crippen LogP contribution is -2.23. The van der Waals surface area contributed by atoms with Crippen molar-refractivity contribution >= 4 is 33.2 Å². The fourth-order valence-corrected chi connectivity index (χ4v) is 5.40. The topological polar surface area (TPSA) is 99.5 Å². The van der Waals surface area contributed by atoms with E-state index in [0.717, 1.165) is 5.56 Å². The Morgan fingerprint density at radius 3 is 2.62 bits per heavy atom. The van der Waals surface area contributed by atoms with Gasteiger partial charge in [-0.1, -0.05) is 23.7 Å². The van der Waals surface area contributed by atoms with Crippen molar-refractivity contribution in [3.8, 4) is 22.8 Å². The molecule has 2 heterocycles. The van der Waals surface area contributed by atoms with Gasteiger partial charge in [-0.15, -0.1) is 0 Å². The van der Waals surface area contributed by atoms with E-state index >= 15 is 0 Å². The third-order valence-electron chi connectivity index (χ3n) is 5.14. The summed E-state index contributed by atoms with van der Waals surface area (Å²) < 4.78 is 36.3. The first-order valence-corrected chi connectivity index (χ1v) is 12.2. The number of nitrogens with one attached hydrogen (secondary N) is 1. The SMILES string of the molecule is COc1ccc(-c2cc(NC(=O)COc3ccccc3Cl)n([C@H]3CCS(=O)(=O)C3)n2)cc1. The molecular weight excluding hydrogens is 454 g/mol. The first-order valence-electron chi connectivity index (χ1n) is 9.96. The molecule has 4 rings (SSSR count). The average molecular weight is 476 g/mol. The Kier molecular flexibility index (Phi) is 6.38. The zero-order valence-electron chi connectivity index (χ0n) is 17.3. The van der Waals surface area contributed by atoms with Crippen LogP contribution in [0, 0.1) is 0 Å². The minimum atomic E-state index is -3.13. The third-order valence-corrected chi connectivity index (χ3v) is 7.20. The van der Waals surface area contributed by atoms with Gasteiger partial charge in [0.2, 0.25) is 0 Å². The number of sulfone groups is 1. The van der Waals surface area contributed by atoms with Crippen LogP contribution in [-0.4, -0.2) is 49.3 Å². The predicted octanol–water partition coefficient (Wildman–Crippen LogP) is 3.59. The molecule has 1 aromatic heterocycles. The molecule has 1 saturated heterocycles. The Morgan fingerprint density at radius 2 is 1.97 bits per heavy atom. The van der Waals surface area contributed by atoms with Gasteiger partial charge >= 0.3 is 0 Å². The van der Waals surface area contributed by atoms with E-state index in [1.807, 2.05) is 24.3 Å². The molecule has 0 saturated carbocycles. The summed E-state index contributed by atoms with van der Waals surface area (Å²) >= 11 is 6.06. The van der Waals surface area contributed by atoms with Crippen LogP contribution in [-0.2, 0) is 14.6 Å². The summed E-state index contributed by atoms with van der Waals surface area (Å²) in [4.78, 5) is 12.6. The first kappa shape index (κ1) is 22.2. The van der Waals surface area contributed by atoms with Crippen LogP contribution in [0.1, 0.15) is 12.5 Å². The van der Waals surface area contributed by atoms with Crippen molar-refractivity contribution in [1.82, 2.24) is 9.78 Å². The second-order valence-electron chi connectivity index (χ2n) is 7.41. The van der Waals surface area contributed by atoms with E-state index in [1.54, 1.807) is 42.1 Å². The maximum Gasteiger partial charge on any atom is 0.263 e. The van der Waals surface area contributed by atoms with Crippen LogP contribution in [0.4, 0.5) is 5.82 Å². The summed E-state index contributed by atoms with van der Waals surface area (Å²) in [5.74, 6) is 1.19. The summed E-state index contributed by atoms with van der Waals surface area (Å²) in [6, 6.07) is 15.6. The minimum Gasteiger partial charge on any atom is -0.497 e. The van der Waals surface area contributed by atoms with E-state index in [9.17, 15) is 13.2 Å². The number of nitrogens with zero attached hydrogens (tertiary/aromatic N) is 2. The summed E-state index contributed by atoms with van der Waals surface area (Å²) in [5, 5.41) is 7.80. The standard InChI is InChI=1S/C22H22ClN3O5S/c1-30-17-8-6-15(7-9-17)19-12-21(26(25-19)16-10-11-32(28,29)14-16)24-22(27)13-31-20-5-3-2-4-18(20)23/h2-9,12,16H,10-11,13-14H2,1H3,(H,24,27)/t16-/m0/s1. The number of hydrogen-bond acceptors (Lipinski definition) is 6. The van der Waals surface area contributed by atoms with Gasteiger partial charge in [0.1, 0.15) is 17.3 Å². The number of carbonyl (C=O) groups excluding carboxylic acids is 1. The highest BCUT2D eigenvalue weighted by Crippen LogP contribution is 2.31. The van der Waals surface area contributed by atoms with Crippen LogP contribution < -0.4 is 14.8 Å². The Balaban J connectivity index is 1.56. The van der Waals surface area contributed by atoms with Crippen molar-refractivity contribution in [2.75, 3.05) is 30.5 Å². The van der Waals surface area contributed by atoms with Crippen molar-refractivity contribution in [3.05, 3.63) is 59.6 Å². The molecule has 1 fully saturated rings. The summed E-state index contributed by atoms with van der Waals surface area (Å²) in [6.45, 7) is -0.254. The molecule has 8 nitrogen and oxygen atoms in total. The number of anilines is 1. The minimum absolute atomic E-state index is 0.0181. The van der Waals surface area contributed by atoms with Gasteiger partial charge in [-0.25, -0.2) is 13.1 Å². The zero-order valence-corrected chi connectivity index (χ0v) is 18.9. The lowest BCUT2D eigenvalue weighted by molar-refractivity contribution is -0.118. The van der Waals surface area contributed by atoms with Crippen LogP contribution in [0.3, 0.4) is 0 Å². The number of halogens is 1. The molecule has 1 aliphatic rings. The molecule has 1 aliphatic heterocycles. The summed E-state index contributed by atoms with van der Waals surface area (Å²) in [7, 11) is -1.55. The zero-order chi connectivity index (χ0) is 22.7. The van der Waals surface area contributed by atoms with Gasteiger partial charge in [-0.3, -0.25) is 4.79 Å². The number of methoxy groups -OCH3 is 1. The lowest BCUT2D eigenvalue weighted by Gasteiger charge is -2.14. The smallest absolute Gasteiger partial charge is 0.263 e. The van der Waals surface area contributed by atoms with E-state index < -0.39 is 15.7 Å². The number of benzene rings is 2. The highest BCUT2D eigenvalue weighted by molar-refractivity contribution is 7.91. The summed E-state index contributed by atoms with van der Waals surface area (Å²) in [6.07, 6.45) is 0.436. The number of hydrogen-bond donors (Lipinski definition) is 1. The second kappa shape index (κ2) is 9.22. The van der Waals surface area contributed by atoms with Crippen LogP contribution in [0.2, 0.25) is 5.02 Å².